The van der Waals surface area contributed by atoms with Gasteiger partial charge in [-0.1, -0.05) is 18.2 Å². The Morgan fingerprint density at radius 1 is 0.889 bits per heavy atom. The van der Waals surface area contributed by atoms with Gasteiger partial charge < -0.3 is 10.6 Å². The van der Waals surface area contributed by atoms with Crippen molar-refractivity contribution in [3.05, 3.63) is 77.2 Å². The van der Waals surface area contributed by atoms with Crippen LogP contribution >= 0.6 is 0 Å². The van der Waals surface area contributed by atoms with E-state index in [1.54, 1.807) is 24.3 Å². The van der Waals surface area contributed by atoms with Gasteiger partial charge in [-0.3, -0.25) is 9.59 Å². The third-order valence-corrected chi connectivity index (χ3v) is 4.19. The molecule has 0 radical (unpaired) electrons. The zero-order valence-corrected chi connectivity index (χ0v) is 15.4. The van der Waals surface area contributed by atoms with Crippen molar-refractivity contribution < 1.29 is 9.59 Å². The van der Waals surface area contributed by atoms with E-state index in [0.29, 0.717) is 17.1 Å². The minimum Gasteiger partial charge on any atom is -0.339 e. The number of carbonyl (C=O) groups excluding carboxylic acids is 2. The first kappa shape index (κ1) is 18.3. The Kier molecular flexibility index (Phi) is 5.26. The maximum absolute atomic E-state index is 12.3. The van der Waals surface area contributed by atoms with Crippen molar-refractivity contribution in [2.75, 3.05) is 10.6 Å². The molecule has 6 heteroatoms. The van der Waals surface area contributed by atoms with E-state index in [0.717, 1.165) is 5.69 Å². The summed E-state index contributed by atoms with van der Waals surface area (Å²) >= 11 is 0. The fraction of sp³-hybridized carbons (Fsp3) is 0.143. The molecule has 0 saturated carbocycles. The van der Waals surface area contributed by atoms with Gasteiger partial charge in [-0.25, -0.2) is 9.97 Å². The van der Waals surface area contributed by atoms with Crippen LogP contribution in [0.2, 0.25) is 0 Å². The quantitative estimate of drug-likeness (QED) is 0.663. The molecular formula is C21H20N4O2. The highest BCUT2D eigenvalue weighted by Gasteiger charge is 2.10. The lowest BCUT2D eigenvalue weighted by Gasteiger charge is -2.09. The number of aryl methyl sites for hydroxylation is 2. The van der Waals surface area contributed by atoms with Crippen LogP contribution in [0.1, 0.15) is 38.9 Å². The molecule has 1 amide bonds. The van der Waals surface area contributed by atoms with E-state index in [-0.39, 0.29) is 17.4 Å². The Hall–Kier alpha value is -3.54. The minimum atomic E-state index is -0.388. The molecule has 0 aliphatic heterocycles. The van der Waals surface area contributed by atoms with Crippen LogP contribution < -0.4 is 10.6 Å². The number of Topliss-reactive ketones (excluding diaryl/α,β-unsaturated/α-hetero) is 1. The van der Waals surface area contributed by atoms with Gasteiger partial charge in [0.1, 0.15) is 11.5 Å². The van der Waals surface area contributed by atoms with E-state index < -0.39 is 0 Å². The first-order valence-corrected chi connectivity index (χ1v) is 8.51. The molecule has 0 aliphatic carbocycles. The summed E-state index contributed by atoms with van der Waals surface area (Å²) in [6, 6.07) is 12.8. The third kappa shape index (κ3) is 4.55. The summed E-state index contributed by atoms with van der Waals surface area (Å²) in [6.45, 7) is 5.58. The number of nitrogens with one attached hydrogen (secondary N) is 2. The van der Waals surface area contributed by atoms with E-state index in [9.17, 15) is 9.59 Å². The molecule has 2 aromatic carbocycles. The van der Waals surface area contributed by atoms with Crippen molar-refractivity contribution in [3.63, 3.8) is 0 Å². The number of ketones is 1. The van der Waals surface area contributed by atoms with Gasteiger partial charge in [0.05, 0.1) is 12.4 Å². The number of amides is 1. The smallest absolute Gasteiger partial charge is 0.275 e. The molecule has 0 spiro atoms. The molecule has 27 heavy (non-hydrogen) atoms. The van der Waals surface area contributed by atoms with E-state index in [2.05, 4.69) is 27.5 Å². The molecule has 1 aromatic heterocycles. The maximum atomic E-state index is 12.3. The second-order valence-corrected chi connectivity index (χ2v) is 6.30. The summed E-state index contributed by atoms with van der Waals surface area (Å²) < 4.78 is 0. The third-order valence-electron chi connectivity index (χ3n) is 4.19. The first-order chi connectivity index (χ1) is 12.9. The molecule has 0 atom stereocenters. The lowest BCUT2D eigenvalue weighted by Crippen LogP contribution is -2.14. The molecule has 0 unspecified atom stereocenters. The molecule has 2 N–H and O–H groups in total. The Bertz CT molecular complexity index is 997. The summed E-state index contributed by atoms with van der Waals surface area (Å²) in [5.74, 6) is 0.0990. The first-order valence-electron chi connectivity index (χ1n) is 8.51. The van der Waals surface area contributed by atoms with Crippen molar-refractivity contribution in [2.45, 2.75) is 20.8 Å². The predicted octanol–water partition coefficient (Wildman–Crippen LogP) is 4.29. The van der Waals surface area contributed by atoms with Gasteiger partial charge in [0, 0.05) is 16.9 Å². The Balaban J connectivity index is 1.69. The Labute approximate surface area is 157 Å². The molecule has 136 valence electrons. The van der Waals surface area contributed by atoms with Gasteiger partial charge in [-0.2, -0.15) is 0 Å². The average molecular weight is 360 g/mol. The van der Waals surface area contributed by atoms with E-state index in [1.807, 2.05) is 25.1 Å². The normalized spacial score (nSPS) is 10.3. The van der Waals surface area contributed by atoms with Crippen LogP contribution in [0.3, 0.4) is 0 Å². The molecule has 0 saturated heterocycles. The van der Waals surface area contributed by atoms with Crippen LogP contribution in [0.15, 0.2) is 54.9 Å². The van der Waals surface area contributed by atoms with Gasteiger partial charge in [-0.05, 0) is 56.2 Å². The van der Waals surface area contributed by atoms with Gasteiger partial charge in [-0.15, -0.1) is 0 Å². The van der Waals surface area contributed by atoms with E-state index >= 15 is 0 Å². The summed E-state index contributed by atoms with van der Waals surface area (Å²) in [4.78, 5) is 32.2. The van der Waals surface area contributed by atoms with Gasteiger partial charge in [0.2, 0.25) is 0 Å². The standard InChI is InChI=1S/C21H20N4O2/c1-13-7-8-18(9-14(13)2)24-20-12-22-19(11-23-20)21(27)25-17-6-4-5-16(10-17)15(3)26/h4-12H,1-3H3,(H,23,24)(H,25,27). The van der Waals surface area contributed by atoms with Crippen LogP contribution in [0.4, 0.5) is 17.2 Å². The van der Waals surface area contributed by atoms with Gasteiger partial charge in [0.25, 0.3) is 5.91 Å². The molecule has 3 rings (SSSR count). The number of nitrogens with zero attached hydrogens (tertiary/aromatic N) is 2. The minimum absolute atomic E-state index is 0.0624. The number of rotatable bonds is 5. The number of hydrogen-bond donors (Lipinski definition) is 2. The average Bonchev–Trinajstić information content (AvgIpc) is 2.65. The fourth-order valence-electron chi connectivity index (χ4n) is 2.49. The number of aromatic nitrogens is 2. The highest BCUT2D eigenvalue weighted by atomic mass is 16.2. The van der Waals surface area contributed by atoms with Crippen molar-refractivity contribution in [3.8, 4) is 0 Å². The second kappa shape index (κ2) is 7.78. The highest BCUT2D eigenvalue weighted by molar-refractivity contribution is 6.03. The molecular weight excluding hydrogens is 340 g/mol. The lowest BCUT2D eigenvalue weighted by atomic mass is 10.1. The lowest BCUT2D eigenvalue weighted by molar-refractivity contribution is 0.100. The Morgan fingerprint density at radius 2 is 1.70 bits per heavy atom. The molecule has 0 fully saturated rings. The summed E-state index contributed by atoms with van der Waals surface area (Å²) in [5.41, 5.74) is 4.56. The number of carbonyl (C=O) groups is 2. The maximum Gasteiger partial charge on any atom is 0.275 e. The second-order valence-electron chi connectivity index (χ2n) is 6.30. The zero-order chi connectivity index (χ0) is 19.4. The van der Waals surface area contributed by atoms with Crippen molar-refractivity contribution >= 4 is 28.9 Å². The van der Waals surface area contributed by atoms with Gasteiger partial charge >= 0.3 is 0 Å². The summed E-state index contributed by atoms with van der Waals surface area (Å²) in [5, 5.41) is 5.89. The van der Waals surface area contributed by atoms with Crippen LogP contribution in [-0.2, 0) is 0 Å². The van der Waals surface area contributed by atoms with Crippen molar-refractivity contribution in [1.82, 2.24) is 9.97 Å². The van der Waals surface area contributed by atoms with Crippen molar-refractivity contribution in [1.29, 1.82) is 0 Å². The fourth-order valence-corrected chi connectivity index (χ4v) is 2.49. The largest absolute Gasteiger partial charge is 0.339 e. The molecule has 6 nitrogen and oxygen atoms in total. The summed E-state index contributed by atoms with van der Waals surface area (Å²) in [6.07, 6.45) is 2.92. The molecule has 3 aromatic rings. The predicted molar refractivity (Wildman–Crippen MR) is 106 cm³/mol. The monoisotopic (exact) mass is 360 g/mol. The molecule has 0 bridgehead atoms. The van der Waals surface area contributed by atoms with Crippen LogP contribution in [0, 0.1) is 13.8 Å². The van der Waals surface area contributed by atoms with Crippen LogP contribution in [-0.4, -0.2) is 21.7 Å². The molecule has 0 aliphatic rings. The Morgan fingerprint density at radius 3 is 2.37 bits per heavy atom. The van der Waals surface area contributed by atoms with Crippen molar-refractivity contribution in [2.24, 2.45) is 0 Å². The summed E-state index contributed by atoms with van der Waals surface area (Å²) in [7, 11) is 0. The van der Waals surface area contributed by atoms with Crippen LogP contribution in [0.5, 0.6) is 0 Å². The molecule has 1 heterocycles. The SMILES string of the molecule is CC(=O)c1cccc(NC(=O)c2cnc(Nc3ccc(C)c(C)c3)cn2)c1. The number of hydrogen-bond acceptors (Lipinski definition) is 5. The number of benzene rings is 2. The topological polar surface area (TPSA) is 84.0 Å². The van der Waals surface area contributed by atoms with E-state index in [1.165, 1.54) is 30.4 Å². The zero-order valence-electron chi connectivity index (χ0n) is 15.4. The van der Waals surface area contributed by atoms with Gasteiger partial charge in [0.15, 0.2) is 5.78 Å². The highest BCUT2D eigenvalue weighted by Crippen LogP contribution is 2.18. The van der Waals surface area contributed by atoms with E-state index in [4.69, 9.17) is 0 Å². The van der Waals surface area contributed by atoms with Crippen LogP contribution in [0.25, 0.3) is 0 Å². The number of anilines is 3.